The Morgan fingerprint density at radius 3 is 3.00 bits per heavy atom. The molecule has 2 N–H and O–H groups in total. The summed E-state index contributed by atoms with van der Waals surface area (Å²) in [6, 6.07) is 0. The molecule has 0 amide bonds. The summed E-state index contributed by atoms with van der Waals surface area (Å²) in [6.07, 6.45) is 1.08. The third-order valence-electron chi connectivity index (χ3n) is 1.00. The largest absolute Gasteiger partial charge is 0.355 e. The molecule has 0 unspecified atom stereocenters. The molecule has 1 aromatic heterocycles. The van der Waals surface area contributed by atoms with E-state index in [-0.39, 0.29) is 0 Å². The van der Waals surface area contributed by atoms with E-state index >= 15 is 0 Å². The van der Waals surface area contributed by atoms with Gasteiger partial charge >= 0.3 is 0 Å². The van der Waals surface area contributed by atoms with E-state index in [0.29, 0.717) is 10.7 Å². The van der Waals surface area contributed by atoms with Gasteiger partial charge in [-0.2, -0.15) is 4.98 Å². The Hall–Kier alpha value is -0.580. The zero-order chi connectivity index (χ0) is 7.40. The fraction of sp³-hybridized carbons (Fsp3) is 0.600. The highest BCUT2D eigenvalue weighted by Gasteiger charge is 1.95. The van der Waals surface area contributed by atoms with E-state index in [0.717, 1.165) is 13.0 Å². The molecule has 0 radical (unpaired) electrons. The van der Waals surface area contributed by atoms with Crippen LogP contribution in [0.5, 0.6) is 0 Å². The average molecular weight is 205 g/mol. The molecule has 0 fully saturated rings. The van der Waals surface area contributed by atoms with Crippen molar-refractivity contribution in [2.24, 2.45) is 0 Å². The molecule has 0 atom stereocenters. The summed E-state index contributed by atoms with van der Waals surface area (Å²) in [5, 5.41) is 9.56. The summed E-state index contributed by atoms with van der Waals surface area (Å²) in [5.74, 6) is 0.716. The van der Waals surface area contributed by atoms with E-state index in [1.165, 1.54) is 0 Å². The molecular formula is C5H9BrN4. The van der Waals surface area contributed by atoms with Crippen molar-refractivity contribution in [3.8, 4) is 0 Å². The predicted molar refractivity (Wildman–Crippen MR) is 42.9 cm³/mol. The minimum Gasteiger partial charge on any atom is -0.355 e. The van der Waals surface area contributed by atoms with Gasteiger partial charge in [0.05, 0.1) is 0 Å². The summed E-state index contributed by atoms with van der Waals surface area (Å²) in [4.78, 5) is 3.99. The molecule has 0 saturated heterocycles. The van der Waals surface area contributed by atoms with Gasteiger partial charge in [-0.25, -0.2) is 5.10 Å². The van der Waals surface area contributed by atoms with Crippen LogP contribution in [0.15, 0.2) is 4.73 Å². The number of halogens is 1. The second-order valence-electron chi connectivity index (χ2n) is 1.88. The highest BCUT2D eigenvalue weighted by Crippen LogP contribution is 2.03. The highest BCUT2D eigenvalue weighted by atomic mass is 79.9. The van der Waals surface area contributed by atoms with Gasteiger partial charge in [0, 0.05) is 6.54 Å². The monoisotopic (exact) mass is 204 g/mol. The minimum atomic E-state index is 0.589. The normalized spacial score (nSPS) is 9.80. The van der Waals surface area contributed by atoms with Crippen LogP contribution in [0.4, 0.5) is 5.95 Å². The lowest BCUT2D eigenvalue weighted by atomic mass is 10.5. The van der Waals surface area contributed by atoms with Crippen LogP contribution in [-0.4, -0.2) is 21.7 Å². The van der Waals surface area contributed by atoms with Crippen LogP contribution in [0.25, 0.3) is 0 Å². The van der Waals surface area contributed by atoms with Crippen LogP contribution < -0.4 is 5.32 Å². The van der Waals surface area contributed by atoms with Crippen LogP contribution >= 0.6 is 15.9 Å². The Morgan fingerprint density at radius 1 is 1.70 bits per heavy atom. The first-order valence-corrected chi connectivity index (χ1v) is 3.94. The van der Waals surface area contributed by atoms with Gasteiger partial charge in [0.15, 0.2) is 0 Å². The molecule has 5 heteroatoms. The van der Waals surface area contributed by atoms with Crippen LogP contribution in [0, 0.1) is 0 Å². The maximum absolute atomic E-state index is 3.99. The molecular weight excluding hydrogens is 196 g/mol. The Labute approximate surface area is 67.6 Å². The van der Waals surface area contributed by atoms with Gasteiger partial charge in [0.1, 0.15) is 0 Å². The van der Waals surface area contributed by atoms with Crippen molar-refractivity contribution in [3.63, 3.8) is 0 Å². The lowest BCUT2D eigenvalue weighted by Gasteiger charge is -1.95. The van der Waals surface area contributed by atoms with Gasteiger partial charge in [-0.1, -0.05) is 6.92 Å². The van der Waals surface area contributed by atoms with E-state index in [1.807, 2.05) is 0 Å². The summed E-state index contributed by atoms with van der Waals surface area (Å²) in [7, 11) is 0. The van der Waals surface area contributed by atoms with Crippen molar-refractivity contribution in [1.82, 2.24) is 15.2 Å². The molecule has 1 aromatic rings. The molecule has 0 aliphatic heterocycles. The smallest absolute Gasteiger partial charge is 0.219 e. The zero-order valence-corrected chi connectivity index (χ0v) is 7.27. The number of aromatic amines is 1. The number of anilines is 1. The fourth-order valence-electron chi connectivity index (χ4n) is 0.564. The first-order valence-electron chi connectivity index (χ1n) is 3.14. The van der Waals surface area contributed by atoms with Crippen molar-refractivity contribution in [2.75, 3.05) is 11.9 Å². The second-order valence-corrected chi connectivity index (χ2v) is 2.59. The topological polar surface area (TPSA) is 53.6 Å². The zero-order valence-electron chi connectivity index (χ0n) is 5.69. The number of aromatic nitrogens is 3. The number of nitrogens with one attached hydrogen (secondary N) is 2. The van der Waals surface area contributed by atoms with Crippen molar-refractivity contribution < 1.29 is 0 Å². The number of nitrogens with zero attached hydrogens (tertiary/aromatic N) is 2. The molecule has 0 spiro atoms. The quantitative estimate of drug-likeness (QED) is 0.783. The molecule has 1 rings (SSSR count). The molecule has 0 aliphatic rings. The standard InChI is InChI=1S/C5H9BrN4/c1-2-3-7-5-8-4(6)9-10-5/h2-3H2,1H3,(H2,7,8,9,10). The molecule has 0 bridgehead atoms. The first kappa shape index (κ1) is 7.53. The number of rotatable bonds is 3. The Morgan fingerprint density at radius 2 is 2.50 bits per heavy atom. The van der Waals surface area contributed by atoms with Gasteiger partial charge in [-0.15, -0.1) is 5.10 Å². The second kappa shape index (κ2) is 3.55. The molecule has 1 heterocycles. The average Bonchev–Trinajstić information content (AvgIpc) is 2.31. The number of hydrogen-bond donors (Lipinski definition) is 2. The van der Waals surface area contributed by atoms with Crippen molar-refractivity contribution in [1.29, 1.82) is 0 Å². The highest BCUT2D eigenvalue weighted by molar-refractivity contribution is 9.10. The van der Waals surface area contributed by atoms with Crippen molar-refractivity contribution in [2.45, 2.75) is 13.3 Å². The molecule has 0 saturated carbocycles. The Bertz CT molecular complexity index is 197. The third-order valence-corrected chi connectivity index (χ3v) is 1.36. The van der Waals surface area contributed by atoms with Crippen molar-refractivity contribution in [3.05, 3.63) is 4.73 Å². The maximum Gasteiger partial charge on any atom is 0.219 e. The first-order chi connectivity index (χ1) is 4.83. The number of hydrogen-bond acceptors (Lipinski definition) is 3. The third kappa shape index (κ3) is 1.98. The van der Waals surface area contributed by atoms with Crippen LogP contribution in [0.2, 0.25) is 0 Å². The molecule has 10 heavy (non-hydrogen) atoms. The molecule has 56 valence electrons. The molecule has 0 aliphatic carbocycles. The van der Waals surface area contributed by atoms with Gasteiger partial charge in [0.2, 0.25) is 10.7 Å². The van der Waals surface area contributed by atoms with Gasteiger partial charge in [-0.05, 0) is 22.4 Å². The van der Waals surface area contributed by atoms with E-state index in [2.05, 4.69) is 43.4 Å². The molecule has 4 nitrogen and oxygen atoms in total. The van der Waals surface area contributed by atoms with E-state index in [9.17, 15) is 0 Å². The maximum atomic E-state index is 3.99. The predicted octanol–water partition coefficient (Wildman–Crippen LogP) is 1.39. The molecule has 0 aromatic carbocycles. The van der Waals surface area contributed by atoms with Crippen LogP contribution in [-0.2, 0) is 0 Å². The Balaban J connectivity index is 2.42. The van der Waals surface area contributed by atoms with E-state index < -0.39 is 0 Å². The van der Waals surface area contributed by atoms with Gasteiger partial charge in [0.25, 0.3) is 0 Å². The summed E-state index contributed by atoms with van der Waals surface area (Å²) < 4.78 is 0.589. The lowest BCUT2D eigenvalue weighted by molar-refractivity contribution is 0.953. The number of H-pyrrole nitrogens is 1. The van der Waals surface area contributed by atoms with Crippen LogP contribution in [0.1, 0.15) is 13.3 Å². The minimum absolute atomic E-state index is 0.589. The van der Waals surface area contributed by atoms with Crippen LogP contribution in [0.3, 0.4) is 0 Å². The summed E-state index contributed by atoms with van der Waals surface area (Å²) >= 11 is 3.13. The summed E-state index contributed by atoms with van der Waals surface area (Å²) in [5.41, 5.74) is 0. The lowest BCUT2D eigenvalue weighted by Crippen LogP contribution is -2.00. The Kier molecular flexibility index (Phi) is 2.68. The van der Waals surface area contributed by atoms with Gasteiger partial charge in [-0.3, -0.25) is 0 Å². The summed E-state index contributed by atoms with van der Waals surface area (Å²) in [6.45, 7) is 3.01. The van der Waals surface area contributed by atoms with Crippen molar-refractivity contribution >= 4 is 21.9 Å². The fourth-order valence-corrected chi connectivity index (χ4v) is 0.830. The van der Waals surface area contributed by atoms with Gasteiger partial charge < -0.3 is 5.32 Å². The SMILES string of the molecule is CCCNc1nc(Br)n[nH]1. The van der Waals surface area contributed by atoms with E-state index in [1.54, 1.807) is 0 Å². The van der Waals surface area contributed by atoms with E-state index in [4.69, 9.17) is 0 Å².